The molecule has 2 N–H and O–H groups in total. The minimum Gasteiger partial charge on any atom is -0.506 e. The van der Waals surface area contributed by atoms with Crippen LogP contribution in [0.15, 0.2) is 35.2 Å². The number of pyridine rings is 2. The second kappa shape index (κ2) is 3.81. The maximum atomic E-state index is 9.69. The van der Waals surface area contributed by atoms with Gasteiger partial charge in [0.1, 0.15) is 11.6 Å². The fourth-order valence-corrected chi connectivity index (χ4v) is 1.92. The van der Waals surface area contributed by atoms with Gasteiger partial charge in [0.15, 0.2) is 5.65 Å². The first kappa shape index (κ1) is 10.2. The highest BCUT2D eigenvalue weighted by atomic mass is 79.9. The minimum atomic E-state index is 0.0885. The van der Waals surface area contributed by atoms with Gasteiger partial charge in [0.05, 0.1) is 17.3 Å². The lowest BCUT2D eigenvalue weighted by molar-refractivity contribution is 0.474. The van der Waals surface area contributed by atoms with E-state index in [0.717, 1.165) is 9.99 Å². The van der Waals surface area contributed by atoms with E-state index in [-0.39, 0.29) is 5.75 Å². The number of hydrogen-bond acceptors (Lipinski definition) is 4. The Bertz CT molecular complexity index is 695. The Labute approximate surface area is 105 Å². The summed E-state index contributed by atoms with van der Waals surface area (Å²) < 4.78 is 0.874. The fraction of sp³-hybridized carbons (Fsp3) is 0. The third-order valence-electron chi connectivity index (χ3n) is 2.36. The van der Waals surface area contributed by atoms with Crippen molar-refractivity contribution in [2.75, 3.05) is 0 Å². The van der Waals surface area contributed by atoms with Gasteiger partial charge in [-0.2, -0.15) is 0 Å². The van der Waals surface area contributed by atoms with Crippen molar-refractivity contribution in [2.24, 2.45) is 0 Å². The third kappa shape index (κ3) is 1.76. The van der Waals surface area contributed by atoms with E-state index >= 15 is 0 Å². The smallest absolute Gasteiger partial charge is 0.178 e. The molecule has 0 atom stereocenters. The maximum absolute atomic E-state index is 9.69. The molecular formula is C11H7BrN4O. The molecule has 3 heterocycles. The van der Waals surface area contributed by atoms with Gasteiger partial charge in [-0.1, -0.05) is 0 Å². The Morgan fingerprint density at radius 1 is 1.29 bits per heavy atom. The summed E-state index contributed by atoms with van der Waals surface area (Å²) in [5.41, 5.74) is 2.03. The van der Waals surface area contributed by atoms with Crippen molar-refractivity contribution in [3.8, 4) is 17.1 Å². The number of nitrogens with one attached hydrogen (secondary N) is 1. The first-order valence-corrected chi connectivity index (χ1v) is 5.68. The minimum absolute atomic E-state index is 0.0885. The van der Waals surface area contributed by atoms with Gasteiger partial charge in [0, 0.05) is 16.9 Å². The molecule has 0 saturated heterocycles. The zero-order valence-corrected chi connectivity index (χ0v) is 10.1. The van der Waals surface area contributed by atoms with Crippen LogP contribution >= 0.6 is 15.9 Å². The largest absolute Gasteiger partial charge is 0.506 e. The zero-order chi connectivity index (χ0) is 11.8. The summed E-state index contributed by atoms with van der Waals surface area (Å²) in [7, 11) is 0. The second-order valence-electron chi connectivity index (χ2n) is 3.50. The van der Waals surface area contributed by atoms with Crippen LogP contribution in [0.1, 0.15) is 0 Å². The Morgan fingerprint density at radius 2 is 2.18 bits per heavy atom. The molecule has 0 radical (unpaired) electrons. The molecule has 0 unspecified atom stereocenters. The molecule has 0 aliphatic heterocycles. The topological polar surface area (TPSA) is 74.7 Å². The van der Waals surface area contributed by atoms with Crippen LogP contribution in [-0.4, -0.2) is 25.0 Å². The summed E-state index contributed by atoms with van der Waals surface area (Å²) >= 11 is 3.34. The van der Waals surface area contributed by atoms with Crippen LogP contribution in [0.5, 0.6) is 5.75 Å². The fourth-order valence-electron chi connectivity index (χ4n) is 1.59. The average molecular weight is 291 g/mol. The summed E-state index contributed by atoms with van der Waals surface area (Å²) in [5.74, 6) is 0.663. The molecule has 84 valence electrons. The molecule has 17 heavy (non-hydrogen) atoms. The SMILES string of the molecule is Oc1cnccc1-c1nc2ncc(Br)cc2[nH]1. The predicted octanol–water partition coefficient (Wildman–Crippen LogP) is 2.49. The average Bonchev–Trinajstić information content (AvgIpc) is 2.72. The first-order valence-electron chi connectivity index (χ1n) is 4.88. The van der Waals surface area contributed by atoms with Gasteiger partial charge in [-0.3, -0.25) is 4.98 Å². The van der Waals surface area contributed by atoms with E-state index in [4.69, 9.17) is 0 Å². The summed E-state index contributed by atoms with van der Waals surface area (Å²) in [6, 6.07) is 3.58. The van der Waals surface area contributed by atoms with E-state index in [0.29, 0.717) is 17.0 Å². The van der Waals surface area contributed by atoms with E-state index in [2.05, 4.69) is 35.9 Å². The van der Waals surface area contributed by atoms with Crippen molar-refractivity contribution < 1.29 is 5.11 Å². The number of nitrogens with zero attached hydrogens (tertiary/aromatic N) is 3. The lowest BCUT2D eigenvalue weighted by Crippen LogP contribution is -1.82. The number of fused-ring (bicyclic) bond motifs is 1. The van der Waals surface area contributed by atoms with Crippen LogP contribution in [0.25, 0.3) is 22.6 Å². The van der Waals surface area contributed by atoms with Crippen LogP contribution in [0, 0.1) is 0 Å². The number of hydrogen-bond donors (Lipinski definition) is 2. The Balaban J connectivity index is 2.22. The molecule has 3 rings (SSSR count). The highest BCUT2D eigenvalue weighted by molar-refractivity contribution is 9.10. The molecule has 0 aliphatic carbocycles. The Morgan fingerprint density at radius 3 is 3.00 bits per heavy atom. The van der Waals surface area contributed by atoms with Crippen molar-refractivity contribution in [1.82, 2.24) is 19.9 Å². The molecule has 0 spiro atoms. The van der Waals surface area contributed by atoms with E-state index in [1.54, 1.807) is 18.5 Å². The number of rotatable bonds is 1. The number of aromatic hydroxyl groups is 1. The van der Waals surface area contributed by atoms with E-state index in [9.17, 15) is 5.11 Å². The third-order valence-corrected chi connectivity index (χ3v) is 2.79. The van der Waals surface area contributed by atoms with Crippen LogP contribution in [0.4, 0.5) is 0 Å². The molecular weight excluding hydrogens is 284 g/mol. The van der Waals surface area contributed by atoms with Crippen molar-refractivity contribution in [2.45, 2.75) is 0 Å². The van der Waals surface area contributed by atoms with Crippen molar-refractivity contribution in [3.63, 3.8) is 0 Å². The van der Waals surface area contributed by atoms with Gasteiger partial charge in [-0.15, -0.1) is 0 Å². The number of H-pyrrole nitrogens is 1. The molecule has 0 fully saturated rings. The molecule has 5 nitrogen and oxygen atoms in total. The molecule has 3 aromatic rings. The van der Waals surface area contributed by atoms with Crippen molar-refractivity contribution in [1.29, 1.82) is 0 Å². The number of aromatic nitrogens is 4. The standard InChI is InChI=1S/C11H7BrN4O/c12-6-3-8-11(14-4-6)16-10(15-8)7-1-2-13-5-9(7)17/h1-5,17H,(H,14,15,16). The van der Waals surface area contributed by atoms with Gasteiger partial charge in [-0.25, -0.2) is 9.97 Å². The van der Waals surface area contributed by atoms with Gasteiger partial charge in [0.2, 0.25) is 0 Å². The molecule has 0 bridgehead atoms. The van der Waals surface area contributed by atoms with Gasteiger partial charge in [0.25, 0.3) is 0 Å². The lowest BCUT2D eigenvalue weighted by Gasteiger charge is -1.97. The lowest BCUT2D eigenvalue weighted by atomic mass is 10.2. The van der Waals surface area contributed by atoms with Gasteiger partial charge in [-0.05, 0) is 28.1 Å². The number of halogens is 1. The number of aromatic amines is 1. The Kier molecular flexibility index (Phi) is 2.29. The van der Waals surface area contributed by atoms with Crippen LogP contribution in [0.2, 0.25) is 0 Å². The summed E-state index contributed by atoms with van der Waals surface area (Å²) in [6.07, 6.45) is 4.66. The first-order chi connectivity index (χ1) is 8.24. The highest BCUT2D eigenvalue weighted by Gasteiger charge is 2.09. The maximum Gasteiger partial charge on any atom is 0.178 e. The quantitative estimate of drug-likeness (QED) is 0.722. The molecule has 6 heteroatoms. The molecule has 0 aromatic carbocycles. The monoisotopic (exact) mass is 290 g/mol. The second-order valence-corrected chi connectivity index (χ2v) is 4.42. The summed E-state index contributed by atoms with van der Waals surface area (Å²) in [4.78, 5) is 15.4. The predicted molar refractivity (Wildman–Crippen MR) is 66.5 cm³/mol. The van der Waals surface area contributed by atoms with Gasteiger partial charge < -0.3 is 10.1 Å². The number of imidazole rings is 1. The normalized spacial score (nSPS) is 10.9. The highest BCUT2D eigenvalue weighted by Crippen LogP contribution is 2.27. The van der Waals surface area contributed by atoms with E-state index < -0.39 is 0 Å². The van der Waals surface area contributed by atoms with E-state index in [1.165, 1.54) is 6.20 Å². The Hall–Kier alpha value is -1.95. The molecule has 3 aromatic heterocycles. The van der Waals surface area contributed by atoms with Crippen LogP contribution < -0.4 is 0 Å². The van der Waals surface area contributed by atoms with Crippen molar-refractivity contribution in [3.05, 3.63) is 35.2 Å². The summed E-state index contributed by atoms with van der Waals surface area (Å²) in [5, 5.41) is 9.69. The van der Waals surface area contributed by atoms with Crippen LogP contribution in [0.3, 0.4) is 0 Å². The molecule has 0 aliphatic rings. The zero-order valence-electron chi connectivity index (χ0n) is 8.55. The molecule has 0 amide bonds. The van der Waals surface area contributed by atoms with E-state index in [1.807, 2.05) is 6.07 Å². The summed E-state index contributed by atoms with van der Waals surface area (Å²) in [6.45, 7) is 0. The van der Waals surface area contributed by atoms with Gasteiger partial charge >= 0.3 is 0 Å². The molecule has 0 saturated carbocycles. The van der Waals surface area contributed by atoms with Crippen LogP contribution in [-0.2, 0) is 0 Å². The van der Waals surface area contributed by atoms with Crippen molar-refractivity contribution >= 4 is 27.1 Å².